The number of furan rings is 1. The van der Waals surface area contributed by atoms with Gasteiger partial charge in [-0.3, -0.25) is 14.2 Å². The van der Waals surface area contributed by atoms with Crippen LogP contribution < -0.4 is 10.2 Å². The van der Waals surface area contributed by atoms with E-state index in [4.69, 9.17) is 9.15 Å². The second-order valence-corrected chi connectivity index (χ2v) is 6.93. The van der Waals surface area contributed by atoms with Crippen LogP contribution in [0.4, 0.5) is 5.00 Å². The molecule has 0 atom stereocenters. The van der Waals surface area contributed by atoms with Crippen LogP contribution in [-0.2, 0) is 11.3 Å². The summed E-state index contributed by atoms with van der Waals surface area (Å²) < 4.78 is 11.7. The Morgan fingerprint density at radius 1 is 1.32 bits per heavy atom. The Morgan fingerprint density at radius 2 is 2.16 bits per heavy atom. The minimum Gasteiger partial charge on any atom is -0.460 e. The maximum atomic E-state index is 12.0. The molecule has 0 fully saturated rings. The Kier molecular flexibility index (Phi) is 5.15. The minimum absolute atomic E-state index is 0.0763. The molecule has 9 heteroatoms. The number of anilines is 1. The fourth-order valence-electron chi connectivity index (χ4n) is 2.07. The first-order valence-electron chi connectivity index (χ1n) is 7.31. The number of hydrogen-bond acceptors (Lipinski definition) is 7. The zero-order valence-electron chi connectivity index (χ0n) is 13.2. The molecule has 0 saturated heterocycles. The van der Waals surface area contributed by atoms with Gasteiger partial charge in [-0.2, -0.15) is 0 Å². The zero-order chi connectivity index (χ0) is 17.8. The molecule has 1 N–H and O–H groups in total. The summed E-state index contributed by atoms with van der Waals surface area (Å²) in [4.78, 5) is 35.8. The van der Waals surface area contributed by atoms with Gasteiger partial charge < -0.3 is 14.5 Å². The van der Waals surface area contributed by atoms with Gasteiger partial charge in [-0.25, -0.2) is 4.79 Å². The quantitative estimate of drug-likeness (QED) is 0.666. The molecule has 130 valence electrons. The van der Waals surface area contributed by atoms with Crippen molar-refractivity contribution in [3.05, 3.63) is 61.9 Å². The number of amides is 1. The van der Waals surface area contributed by atoms with Crippen molar-refractivity contribution < 1.29 is 18.7 Å². The van der Waals surface area contributed by atoms with Crippen LogP contribution in [0, 0.1) is 6.92 Å². The number of carbonyl (C=O) groups excluding carboxylic acids is 2. The van der Waals surface area contributed by atoms with Gasteiger partial charge >= 0.3 is 10.8 Å². The number of ether oxygens (including phenoxy) is 1. The van der Waals surface area contributed by atoms with Crippen molar-refractivity contribution in [3.8, 4) is 0 Å². The van der Waals surface area contributed by atoms with E-state index in [0.29, 0.717) is 16.4 Å². The van der Waals surface area contributed by atoms with Crippen LogP contribution in [0.25, 0.3) is 0 Å². The third-order valence-corrected chi connectivity index (χ3v) is 5.18. The average molecular weight is 378 g/mol. The normalized spacial score (nSPS) is 10.6. The number of aryl methyl sites for hydroxylation is 1. The van der Waals surface area contributed by atoms with E-state index < -0.39 is 5.97 Å². The summed E-state index contributed by atoms with van der Waals surface area (Å²) in [6.45, 7) is 2.24. The molecule has 1 amide bonds. The molecule has 7 nitrogen and oxygen atoms in total. The molecular formula is C16H14N2O5S2. The molecule has 0 spiro atoms. The van der Waals surface area contributed by atoms with E-state index in [0.717, 1.165) is 28.4 Å². The monoisotopic (exact) mass is 378 g/mol. The first-order valence-corrected chi connectivity index (χ1v) is 9.01. The number of nitrogens with one attached hydrogen (secondary N) is 1. The van der Waals surface area contributed by atoms with Crippen LogP contribution in [0.15, 0.2) is 45.1 Å². The van der Waals surface area contributed by atoms with Gasteiger partial charge in [0.05, 0.1) is 17.8 Å². The van der Waals surface area contributed by atoms with Gasteiger partial charge in [0, 0.05) is 11.1 Å². The average Bonchev–Trinajstić information content (AvgIpc) is 3.32. The molecule has 0 radical (unpaired) electrons. The maximum Gasteiger partial charge on any atom is 0.348 e. The summed E-state index contributed by atoms with van der Waals surface area (Å²) in [5.74, 6) is -0.697. The van der Waals surface area contributed by atoms with E-state index in [1.54, 1.807) is 34.2 Å². The molecule has 3 heterocycles. The second-order valence-electron chi connectivity index (χ2n) is 5.03. The Labute approximate surface area is 150 Å². The van der Waals surface area contributed by atoms with Gasteiger partial charge in [-0.1, -0.05) is 11.3 Å². The fourth-order valence-corrected chi connectivity index (χ4v) is 3.63. The number of hydrogen-bond donors (Lipinski definition) is 1. The fraction of sp³-hybridized carbons (Fsp3) is 0.188. The van der Waals surface area contributed by atoms with Crippen molar-refractivity contribution in [2.75, 3.05) is 11.9 Å². The lowest BCUT2D eigenvalue weighted by atomic mass is 10.4. The van der Waals surface area contributed by atoms with Crippen molar-refractivity contribution in [1.29, 1.82) is 0 Å². The van der Waals surface area contributed by atoms with Gasteiger partial charge in [0.15, 0.2) is 5.76 Å². The Hall–Kier alpha value is -2.65. The van der Waals surface area contributed by atoms with Crippen molar-refractivity contribution >= 4 is 39.6 Å². The van der Waals surface area contributed by atoms with Gasteiger partial charge in [0.2, 0.25) is 0 Å². The smallest absolute Gasteiger partial charge is 0.348 e. The van der Waals surface area contributed by atoms with Crippen LogP contribution in [0.2, 0.25) is 0 Å². The summed E-state index contributed by atoms with van der Waals surface area (Å²) in [5.41, 5.74) is 0.838. The van der Waals surface area contributed by atoms with E-state index in [1.165, 1.54) is 6.26 Å². The Bertz CT molecular complexity index is 936. The Balaban J connectivity index is 1.54. The molecule has 0 aliphatic rings. The number of thiophene rings is 1. The molecule has 25 heavy (non-hydrogen) atoms. The molecule has 0 aromatic carbocycles. The van der Waals surface area contributed by atoms with Crippen molar-refractivity contribution in [1.82, 2.24) is 4.57 Å². The van der Waals surface area contributed by atoms with E-state index in [2.05, 4.69) is 5.32 Å². The maximum absolute atomic E-state index is 12.0. The number of thiazole rings is 1. The van der Waals surface area contributed by atoms with Crippen LogP contribution in [0.1, 0.15) is 25.9 Å². The minimum atomic E-state index is -0.496. The highest BCUT2D eigenvalue weighted by Gasteiger charge is 2.14. The molecule has 0 bridgehead atoms. The molecule has 0 unspecified atom stereocenters. The molecular weight excluding hydrogens is 364 g/mol. The molecule has 0 saturated carbocycles. The highest BCUT2D eigenvalue weighted by molar-refractivity contribution is 7.18. The van der Waals surface area contributed by atoms with Gasteiger partial charge in [0.1, 0.15) is 11.5 Å². The predicted molar refractivity (Wildman–Crippen MR) is 94.6 cm³/mol. The molecule has 3 aromatic heterocycles. The lowest BCUT2D eigenvalue weighted by Crippen LogP contribution is -2.19. The zero-order valence-corrected chi connectivity index (χ0v) is 14.8. The summed E-state index contributed by atoms with van der Waals surface area (Å²) in [5, 5.41) is 4.92. The van der Waals surface area contributed by atoms with Gasteiger partial charge in [-0.05, 0) is 31.2 Å². The topological polar surface area (TPSA) is 90.5 Å². The van der Waals surface area contributed by atoms with Crippen molar-refractivity contribution in [2.45, 2.75) is 13.5 Å². The lowest BCUT2D eigenvalue weighted by molar-refractivity contribution is 0.0495. The predicted octanol–water partition coefficient (Wildman–Crippen LogP) is 2.98. The van der Waals surface area contributed by atoms with Gasteiger partial charge in [-0.15, -0.1) is 11.3 Å². The summed E-state index contributed by atoms with van der Waals surface area (Å²) >= 11 is 2.22. The highest BCUT2D eigenvalue weighted by atomic mass is 32.1. The molecule has 0 aliphatic heterocycles. The highest BCUT2D eigenvalue weighted by Crippen LogP contribution is 2.23. The number of esters is 1. The van der Waals surface area contributed by atoms with Crippen LogP contribution in [-0.4, -0.2) is 23.1 Å². The van der Waals surface area contributed by atoms with Gasteiger partial charge in [0.25, 0.3) is 5.91 Å². The molecule has 0 aliphatic carbocycles. The van der Waals surface area contributed by atoms with Crippen molar-refractivity contribution in [2.24, 2.45) is 0 Å². The van der Waals surface area contributed by atoms with E-state index in [1.807, 2.05) is 6.92 Å². The summed E-state index contributed by atoms with van der Waals surface area (Å²) in [7, 11) is 0. The van der Waals surface area contributed by atoms with Crippen molar-refractivity contribution in [3.63, 3.8) is 0 Å². The van der Waals surface area contributed by atoms with E-state index >= 15 is 0 Å². The summed E-state index contributed by atoms with van der Waals surface area (Å²) in [6, 6.07) is 6.36. The number of rotatable bonds is 6. The number of aromatic nitrogens is 1. The van der Waals surface area contributed by atoms with Crippen LogP contribution >= 0.6 is 22.7 Å². The number of nitrogens with zero attached hydrogens (tertiary/aromatic N) is 1. The standard InChI is InChI=1S/C16H14N2O5S2/c1-10-9-24-16(21)18(10)6-8-23-15(20)12-4-5-13(25-12)17-14(19)11-3-2-7-22-11/h2-5,7,9H,6,8H2,1H3,(H,17,19). The van der Waals surface area contributed by atoms with Crippen LogP contribution in [0.3, 0.4) is 0 Å². The molecule has 3 aromatic rings. The summed E-state index contributed by atoms with van der Waals surface area (Å²) in [6.07, 6.45) is 1.41. The van der Waals surface area contributed by atoms with E-state index in [9.17, 15) is 14.4 Å². The molecule has 3 rings (SSSR count). The van der Waals surface area contributed by atoms with Crippen LogP contribution in [0.5, 0.6) is 0 Å². The third-order valence-electron chi connectivity index (χ3n) is 3.31. The second kappa shape index (κ2) is 7.49. The lowest BCUT2D eigenvalue weighted by Gasteiger charge is -2.05. The first kappa shape index (κ1) is 17.2. The third kappa shape index (κ3) is 4.06. The largest absolute Gasteiger partial charge is 0.460 e. The first-order chi connectivity index (χ1) is 12.0. The Morgan fingerprint density at radius 3 is 2.84 bits per heavy atom. The number of carbonyl (C=O) groups is 2. The SMILES string of the molecule is Cc1csc(=O)n1CCOC(=O)c1ccc(NC(=O)c2ccco2)s1. The van der Waals surface area contributed by atoms with E-state index in [-0.39, 0.29) is 23.1 Å².